The molecule has 7 heteroatoms. The van der Waals surface area contributed by atoms with Crippen molar-refractivity contribution < 1.29 is 23.9 Å². The number of benzene rings is 3. The van der Waals surface area contributed by atoms with E-state index in [1.54, 1.807) is 43.5 Å². The second kappa shape index (κ2) is 10.2. The van der Waals surface area contributed by atoms with Gasteiger partial charge in [0.15, 0.2) is 6.61 Å². The number of anilines is 1. The molecular formula is C27H26N2O5. The van der Waals surface area contributed by atoms with Gasteiger partial charge in [0.25, 0.3) is 11.8 Å². The molecule has 0 radical (unpaired) electrons. The molecule has 34 heavy (non-hydrogen) atoms. The van der Waals surface area contributed by atoms with Crippen LogP contribution < -0.4 is 14.4 Å². The molecule has 0 N–H and O–H groups in total. The Bertz CT molecular complexity index is 1160. The van der Waals surface area contributed by atoms with Crippen LogP contribution in [0.2, 0.25) is 0 Å². The summed E-state index contributed by atoms with van der Waals surface area (Å²) >= 11 is 0. The third-order valence-corrected chi connectivity index (χ3v) is 5.73. The van der Waals surface area contributed by atoms with E-state index in [1.807, 2.05) is 49.4 Å². The predicted octanol–water partition coefficient (Wildman–Crippen LogP) is 3.74. The standard InChI is InChI=1S/C27H26N2O5/c1-19-8-10-20(11-9-19)17-28(26(31)18-34-23-6-4-3-5-7-23)24-16-25(30)29(27(24)32)21-12-14-22(33-2)15-13-21/h3-15,24H,16-18H2,1-2H3. The van der Waals surface area contributed by atoms with E-state index < -0.39 is 11.9 Å². The number of ether oxygens (including phenoxy) is 2. The summed E-state index contributed by atoms with van der Waals surface area (Å²) in [6, 6.07) is 22.5. The molecule has 1 unspecified atom stereocenters. The number of amides is 3. The van der Waals surface area contributed by atoms with E-state index in [1.165, 1.54) is 4.90 Å². The molecule has 3 aromatic carbocycles. The third-order valence-electron chi connectivity index (χ3n) is 5.73. The fraction of sp³-hybridized carbons (Fsp3) is 0.222. The second-order valence-corrected chi connectivity index (χ2v) is 8.09. The van der Waals surface area contributed by atoms with Crippen LogP contribution >= 0.6 is 0 Å². The molecule has 1 aliphatic heterocycles. The summed E-state index contributed by atoms with van der Waals surface area (Å²) < 4.78 is 10.8. The molecule has 0 saturated carbocycles. The average molecular weight is 459 g/mol. The number of carbonyl (C=O) groups is 3. The Hall–Kier alpha value is -4.13. The SMILES string of the molecule is COc1ccc(N2C(=O)CC(N(Cc3ccc(C)cc3)C(=O)COc3ccccc3)C2=O)cc1. The van der Waals surface area contributed by atoms with Gasteiger partial charge in [0.05, 0.1) is 19.2 Å². The van der Waals surface area contributed by atoms with Crippen molar-refractivity contribution >= 4 is 23.4 Å². The minimum Gasteiger partial charge on any atom is -0.497 e. The van der Waals surface area contributed by atoms with E-state index in [2.05, 4.69) is 0 Å². The summed E-state index contributed by atoms with van der Waals surface area (Å²) in [5, 5.41) is 0. The lowest BCUT2D eigenvalue weighted by Crippen LogP contribution is -2.46. The molecule has 1 saturated heterocycles. The highest BCUT2D eigenvalue weighted by Crippen LogP contribution is 2.28. The van der Waals surface area contributed by atoms with Crippen molar-refractivity contribution in [3.8, 4) is 11.5 Å². The Morgan fingerprint density at radius 3 is 2.26 bits per heavy atom. The molecule has 4 rings (SSSR count). The number of aryl methyl sites for hydroxylation is 1. The van der Waals surface area contributed by atoms with Crippen LogP contribution in [-0.2, 0) is 20.9 Å². The Morgan fingerprint density at radius 1 is 0.941 bits per heavy atom. The summed E-state index contributed by atoms with van der Waals surface area (Å²) in [5.74, 6) is 0.0156. The molecule has 3 aromatic rings. The van der Waals surface area contributed by atoms with E-state index in [4.69, 9.17) is 9.47 Å². The van der Waals surface area contributed by atoms with Gasteiger partial charge in [-0.1, -0.05) is 48.0 Å². The zero-order valence-electron chi connectivity index (χ0n) is 19.1. The van der Waals surface area contributed by atoms with Crippen molar-refractivity contribution in [2.75, 3.05) is 18.6 Å². The van der Waals surface area contributed by atoms with Crippen LogP contribution in [-0.4, -0.2) is 42.4 Å². The first kappa shape index (κ1) is 23.0. The highest BCUT2D eigenvalue weighted by Gasteiger charge is 2.44. The summed E-state index contributed by atoms with van der Waals surface area (Å²) in [7, 11) is 1.54. The Balaban J connectivity index is 1.57. The fourth-order valence-corrected chi connectivity index (χ4v) is 3.87. The number of para-hydroxylation sites is 1. The quantitative estimate of drug-likeness (QED) is 0.481. The molecule has 0 aromatic heterocycles. The normalized spacial score (nSPS) is 15.4. The molecule has 1 atom stereocenters. The molecule has 0 aliphatic carbocycles. The first-order valence-electron chi connectivity index (χ1n) is 11.0. The Kier molecular flexibility index (Phi) is 6.92. The topological polar surface area (TPSA) is 76.2 Å². The number of nitrogens with zero attached hydrogens (tertiary/aromatic N) is 2. The molecule has 174 valence electrons. The summed E-state index contributed by atoms with van der Waals surface area (Å²) in [4.78, 5) is 42.1. The summed E-state index contributed by atoms with van der Waals surface area (Å²) in [6.45, 7) is 1.93. The van der Waals surface area contributed by atoms with Gasteiger partial charge in [-0.3, -0.25) is 14.4 Å². The molecule has 0 spiro atoms. The molecule has 1 fully saturated rings. The molecule has 0 bridgehead atoms. The fourth-order valence-electron chi connectivity index (χ4n) is 3.87. The molecular weight excluding hydrogens is 432 g/mol. The average Bonchev–Trinajstić information content (AvgIpc) is 3.16. The highest BCUT2D eigenvalue weighted by atomic mass is 16.5. The number of imide groups is 1. The van der Waals surface area contributed by atoms with E-state index in [9.17, 15) is 14.4 Å². The van der Waals surface area contributed by atoms with Gasteiger partial charge in [0, 0.05) is 6.54 Å². The largest absolute Gasteiger partial charge is 0.497 e. The van der Waals surface area contributed by atoms with Crippen LogP contribution in [0, 0.1) is 6.92 Å². The minimum absolute atomic E-state index is 0.0895. The summed E-state index contributed by atoms with van der Waals surface area (Å²) in [5.41, 5.74) is 2.40. The van der Waals surface area contributed by atoms with Gasteiger partial charge in [-0.05, 0) is 48.9 Å². The molecule has 3 amide bonds. The van der Waals surface area contributed by atoms with E-state index in [0.29, 0.717) is 17.2 Å². The van der Waals surface area contributed by atoms with Crippen molar-refractivity contribution in [1.29, 1.82) is 0 Å². The van der Waals surface area contributed by atoms with Gasteiger partial charge in [0.1, 0.15) is 17.5 Å². The van der Waals surface area contributed by atoms with E-state index >= 15 is 0 Å². The molecule has 7 nitrogen and oxygen atoms in total. The lowest BCUT2D eigenvalue weighted by molar-refractivity contribution is -0.140. The lowest BCUT2D eigenvalue weighted by atomic mass is 10.1. The molecule has 1 heterocycles. The maximum Gasteiger partial charge on any atom is 0.261 e. The van der Waals surface area contributed by atoms with Gasteiger partial charge in [-0.2, -0.15) is 0 Å². The van der Waals surface area contributed by atoms with Gasteiger partial charge >= 0.3 is 0 Å². The molecule has 1 aliphatic rings. The van der Waals surface area contributed by atoms with Gasteiger partial charge in [0.2, 0.25) is 5.91 Å². The smallest absolute Gasteiger partial charge is 0.261 e. The highest BCUT2D eigenvalue weighted by molar-refractivity contribution is 6.23. The predicted molar refractivity (Wildman–Crippen MR) is 128 cm³/mol. The van der Waals surface area contributed by atoms with Crippen molar-refractivity contribution in [3.63, 3.8) is 0 Å². The van der Waals surface area contributed by atoms with Crippen LogP contribution in [0.3, 0.4) is 0 Å². The monoisotopic (exact) mass is 458 g/mol. The number of methoxy groups -OCH3 is 1. The number of carbonyl (C=O) groups excluding carboxylic acids is 3. The van der Waals surface area contributed by atoms with Gasteiger partial charge < -0.3 is 14.4 Å². The maximum absolute atomic E-state index is 13.4. The summed E-state index contributed by atoms with van der Waals surface area (Å²) in [6.07, 6.45) is -0.0895. The third kappa shape index (κ3) is 5.09. The number of rotatable bonds is 8. The first-order valence-corrected chi connectivity index (χ1v) is 11.0. The van der Waals surface area contributed by atoms with Crippen LogP contribution in [0.1, 0.15) is 17.5 Å². The van der Waals surface area contributed by atoms with E-state index in [-0.39, 0.29) is 31.4 Å². The van der Waals surface area contributed by atoms with Crippen LogP contribution in [0.25, 0.3) is 0 Å². The van der Waals surface area contributed by atoms with E-state index in [0.717, 1.165) is 16.0 Å². The maximum atomic E-state index is 13.4. The number of hydrogen-bond donors (Lipinski definition) is 0. The first-order chi connectivity index (χ1) is 16.5. The van der Waals surface area contributed by atoms with Gasteiger partial charge in [-0.15, -0.1) is 0 Å². The van der Waals surface area contributed by atoms with Crippen molar-refractivity contribution in [1.82, 2.24) is 4.90 Å². The Labute approximate surface area is 198 Å². The Morgan fingerprint density at radius 2 is 1.62 bits per heavy atom. The van der Waals surface area contributed by atoms with Crippen molar-refractivity contribution in [2.24, 2.45) is 0 Å². The van der Waals surface area contributed by atoms with Crippen molar-refractivity contribution in [2.45, 2.75) is 25.9 Å². The van der Waals surface area contributed by atoms with Gasteiger partial charge in [-0.25, -0.2) is 4.90 Å². The van der Waals surface area contributed by atoms with Crippen LogP contribution in [0.5, 0.6) is 11.5 Å². The zero-order valence-corrected chi connectivity index (χ0v) is 19.1. The van der Waals surface area contributed by atoms with Crippen molar-refractivity contribution in [3.05, 3.63) is 90.0 Å². The number of hydrogen-bond acceptors (Lipinski definition) is 5. The minimum atomic E-state index is -0.914. The lowest BCUT2D eigenvalue weighted by Gasteiger charge is -2.28. The van der Waals surface area contributed by atoms with Crippen LogP contribution in [0.4, 0.5) is 5.69 Å². The zero-order chi connectivity index (χ0) is 24.1. The van der Waals surface area contributed by atoms with Crippen LogP contribution in [0.15, 0.2) is 78.9 Å². The second-order valence-electron chi connectivity index (χ2n) is 8.09.